The molecule has 0 radical (unpaired) electrons. The van der Waals surface area contributed by atoms with Gasteiger partial charge in [-0.05, 0) is 69.7 Å². The number of primary sulfonamides is 1. The van der Waals surface area contributed by atoms with Crippen molar-refractivity contribution < 1.29 is 8.42 Å². The Hall–Kier alpha value is -1.98. The molecule has 0 aliphatic carbocycles. The van der Waals surface area contributed by atoms with E-state index in [1.807, 2.05) is 36.9 Å². The van der Waals surface area contributed by atoms with E-state index in [1.54, 1.807) is 6.07 Å². The fraction of sp³-hybridized carbons (Fsp3) is 0.577. The van der Waals surface area contributed by atoms with Gasteiger partial charge < -0.3 is 4.90 Å². The van der Waals surface area contributed by atoms with E-state index in [0.717, 1.165) is 67.1 Å². The van der Waals surface area contributed by atoms with Gasteiger partial charge in [0.2, 0.25) is 10.0 Å². The van der Waals surface area contributed by atoms with Gasteiger partial charge >= 0.3 is 0 Å². The number of rotatable bonds is 7. The highest BCUT2D eigenvalue weighted by Gasteiger charge is 2.37. The van der Waals surface area contributed by atoms with Crippen molar-refractivity contribution in [1.82, 2.24) is 24.6 Å². The van der Waals surface area contributed by atoms with E-state index in [4.69, 9.17) is 43.4 Å². The summed E-state index contributed by atoms with van der Waals surface area (Å²) < 4.78 is 25.0. The van der Waals surface area contributed by atoms with Crippen molar-refractivity contribution >= 4 is 50.2 Å². The zero-order chi connectivity index (χ0) is 27.2. The second kappa shape index (κ2) is 10.9. The third-order valence-electron chi connectivity index (χ3n) is 8.11. The number of benzene rings is 1. The van der Waals surface area contributed by atoms with E-state index in [0.29, 0.717) is 28.4 Å². The first kappa shape index (κ1) is 27.6. The van der Waals surface area contributed by atoms with E-state index in [9.17, 15) is 8.42 Å². The standard InChI is InChI=1S/C26H35Cl2N7O2S/c1-16-15-33(11-8-23(16)34-10-4-5-20(34)9-12-38(29,36)37)24-14-30-25-17(2)32-35(26(25)31-24)18(3)21-7-6-19(27)13-22(21)28/h6-7,13-14,16,18,20,23H,4-5,8-12,15H2,1-3H3,(H2,29,36,37)/t16-,18-,20?,23?/m1/s1. The van der Waals surface area contributed by atoms with Gasteiger partial charge in [-0.1, -0.05) is 36.2 Å². The number of piperidine rings is 1. The highest BCUT2D eigenvalue weighted by molar-refractivity contribution is 7.89. The largest absolute Gasteiger partial charge is 0.355 e. The Morgan fingerprint density at radius 3 is 2.71 bits per heavy atom. The van der Waals surface area contributed by atoms with Gasteiger partial charge in [0.05, 0.1) is 23.7 Å². The summed E-state index contributed by atoms with van der Waals surface area (Å²) in [7, 11) is -3.44. The van der Waals surface area contributed by atoms with Crippen molar-refractivity contribution in [1.29, 1.82) is 0 Å². The van der Waals surface area contributed by atoms with Crippen molar-refractivity contribution in [3.8, 4) is 0 Å². The number of nitrogens with two attached hydrogens (primary N) is 1. The molecule has 2 saturated heterocycles. The molecule has 2 aliphatic rings. The van der Waals surface area contributed by atoms with Crippen LogP contribution in [0.4, 0.5) is 5.82 Å². The summed E-state index contributed by atoms with van der Waals surface area (Å²) in [5, 5.41) is 11.2. The molecular formula is C26H35Cl2N7O2S. The summed E-state index contributed by atoms with van der Waals surface area (Å²) in [5.41, 5.74) is 3.26. The molecule has 1 aromatic carbocycles. The number of anilines is 1. The number of nitrogens with zero attached hydrogens (tertiary/aromatic N) is 6. The average molecular weight is 581 g/mol. The maximum absolute atomic E-state index is 11.5. The molecular weight excluding hydrogens is 545 g/mol. The lowest BCUT2D eigenvalue weighted by Crippen LogP contribution is -2.52. The lowest BCUT2D eigenvalue weighted by Gasteiger charge is -2.43. The van der Waals surface area contributed by atoms with Crippen LogP contribution in [0.1, 0.15) is 56.8 Å². The lowest BCUT2D eigenvalue weighted by atomic mass is 9.91. The van der Waals surface area contributed by atoms with Crippen LogP contribution in [0.15, 0.2) is 24.4 Å². The van der Waals surface area contributed by atoms with Gasteiger partial charge in [0.25, 0.3) is 0 Å². The van der Waals surface area contributed by atoms with Crippen LogP contribution in [0, 0.1) is 12.8 Å². The molecule has 4 atom stereocenters. The second-order valence-electron chi connectivity index (χ2n) is 10.7. The zero-order valence-electron chi connectivity index (χ0n) is 22.0. The molecule has 2 N–H and O–H groups in total. The third kappa shape index (κ3) is 5.65. The molecule has 12 heteroatoms. The Balaban J connectivity index is 1.35. The molecule has 9 nitrogen and oxygen atoms in total. The Morgan fingerprint density at radius 1 is 1.21 bits per heavy atom. The Bertz CT molecular complexity index is 1430. The molecule has 2 aromatic heterocycles. The van der Waals surface area contributed by atoms with Crippen molar-refractivity contribution in [3.05, 3.63) is 45.7 Å². The molecule has 0 amide bonds. The minimum Gasteiger partial charge on any atom is -0.355 e. The molecule has 2 unspecified atom stereocenters. The monoisotopic (exact) mass is 579 g/mol. The molecule has 0 saturated carbocycles. The van der Waals surface area contributed by atoms with Gasteiger partial charge in [0.15, 0.2) is 5.65 Å². The maximum atomic E-state index is 11.5. The summed E-state index contributed by atoms with van der Waals surface area (Å²) >= 11 is 12.6. The number of aromatic nitrogens is 4. The average Bonchev–Trinajstić information content (AvgIpc) is 3.46. The normalized spacial score (nSPS) is 23.8. The number of hydrogen-bond acceptors (Lipinski definition) is 7. The summed E-state index contributed by atoms with van der Waals surface area (Å²) in [6.07, 6.45) is 5.57. The summed E-state index contributed by atoms with van der Waals surface area (Å²) in [6, 6.07) is 6.06. The number of sulfonamides is 1. The molecule has 5 rings (SSSR count). The molecule has 0 spiro atoms. The number of hydrogen-bond donors (Lipinski definition) is 1. The van der Waals surface area contributed by atoms with Crippen molar-refractivity contribution in [2.45, 2.75) is 64.6 Å². The van der Waals surface area contributed by atoms with Crippen LogP contribution < -0.4 is 10.0 Å². The predicted octanol–water partition coefficient (Wildman–Crippen LogP) is 4.41. The van der Waals surface area contributed by atoms with Crippen LogP contribution >= 0.6 is 23.2 Å². The highest BCUT2D eigenvalue weighted by atomic mass is 35.5. The minimum atomic E-state index is -3.44. The fourth-order valence-electron chi connectivity index (χ4n) is 6.18. The van der Waals surface area contributed by atoms with E-state index < -0.39 is 10.0 Å². The van der Waals surface area contributed by atoms with E-state index in [-0.39, 0.29) is 17.8 Å². The number of halogens is 2. The van der Waals surface area contributed by atoms with E-state index >= 15 is 0 Å². The number of fused-ring (bicyclic) bond motifs is 1. The molecule has 2 fully saturated rings. The van der Waals surface area contributed by atoms with Crippen LogP contribution in [-0.2, 0) is 10.0 Å². The molecule has 4 heterocycles. The quantitative estimate of drug-likeness (QED) is 0.441. The van der Waals surface area contributed by atoms with Gasteiger partial charge in [-0.15, -0.1) is 0 Å². The molecule has 0 bridgehead atoms. The smallest absolute Gasteiger partial charge is 0.209 e. The Morgan fingerprint density at radius 2 is 2.00 bits per heavy atom. The Kier molecular flexibility index (Phi) is 7.90. The van der Waals surface area contributed by atoms with Crippen LogP contribution in [0.25, 0.3) is 11.2 Å². The summed E-state index contributed by atoms with van der Waals surface area (Å²) in [6.45, 7) is 9.00. The van der Waals surface area contributed by atoms with Gasteiger partial charge in [-0.3, -0.25) is 4.90 Å². The summed E-state index contributed by atoms with van der Waals surface area (Å²) in [4.78, 5) is 14.6. The lowest BCUT2D eigenvalue weighted by molar-refractivity contribution is 0.113. The van der Waals surface area contributed by atoms with Gasteiger partial charge in [-0.25, -0.2) is 28.2 Å². The van der Waals surface area contributed by atoms with Crippen LogP contribution in [0.2, 0.25) is 10.0 Å². The van der Waals surface area contributed by atoms with Crippen molar-refractivity contribution in [2.75, 3.05) is 30.3 Å². The van der Waals surface area contributed by atoms with Crippen LogP contribution in [-0.4, -0.2) is 70.5 Å². The molecule has 206 valence electrons. The second-order valence-corrected chi connectivity index (χ2v) is 13.3. The van der Waals surface area contributed by atoms with Crippen molar-refractivity contribution in [2.24, 2.45) is 11.1 Å². The highest BCUT2D eigenvalue weighted by Crippen LogP contribution is 2.34. The number of likely N-dealkylation sites (tertiary alicyclic amines) is 1. The summed E-state index contributed by atoms with van der Waals surface area (Å²) in [5.74, 6) is 1.28. The first-order valence-corrected chi connectivity index (χ1v) is 15.7. The minimum absolute atomic E-state index is 0.0454. The van der Waals surface area contributed by atoms with Crippen molar-refractivity contribution in [3.63, 3.8) is 0 Å². The predicted molar refractivity (Wildman–Crippen MR) is 152 cm³/mol. The fourth-order valence-corrected chi connectivity index (χ4v) is 7.34. The third-order valence-corrected chi connectivity index (χ3v) is 9.47. The van der Waals surface area contributed by atoms with Gasteiger partial charge in [0.1, 0.15) is 11.3 Å². The van der Waals surface area contributed by atoms with E-state index in [2.05, 4.69) is 16.7 Å². The Labute approximate surface area is 234 Å². The molecule has 2 aliphatic heterocycles. The van der Waals surface area contributed by atoms with Crippen LogP contribution in [0.5, 0.6) is 0 Å². The van der Waals surface area contributed by atoms with Gasteiger partial charge in [0, 0.05) is 35.2 Å². The molecule has 3 aromatic rings. The molecule has 38 heavy (non-hydrogen) atoms. The first-order chi connectivity index (χ1) is 18.0. The SMILES string of the molecule is Cc1nn([C@H](C)c2ccc(Cl)cc2Cl)c2nc(N3CCC(N4CCCC4CCS(N)(=O)=O)[C@H](C)C3)cnc12. The topological polar surface area (TPSA) is 110 Å². The van der Waals surface area contributed by atoms with Crippen LogP contribution in [0.3, 0.4) is 0 Å². The maximum Gasteiger partial charge on any atom is 0.209 e. The first-order valence-electron chi connectivity index (χ1n) is 13.2. The zero-order valence-corrected chi connectivity index (χ0v) is 24.3. The van der Waals surface area contributed by atoms with E-state index in [1.165, 1.54) is 0 Å². The van der Waals surface area contributed by atoms with Gasteiger partial charge in [-0.2, -0.15) is 5.10 Å². The number of aryl methyl sites for hydroxylation is 1.